The van der Waals surface area contributed by atoms with E-state index in [4.69, 9.17) is 0 Å². The van der Waals surface area contributed by atoms with Crippen molar-refractivity contribution in [2.24, 2.45) is 0 Å². The molecule has 0 fully saturated rings. The monoisotopic (exact) mass is 315 g/mol. The highest BCUT2D eigenvalue weighted by atomic mass is 14.7. The Balaban J connectivity index is 3.39. The average Bonchev–Trinajstić information content (AvgIpc) is 2.58. The number of nitrogens with zero attached hydrogens (tertiary/aromatic N) is 1. The van der Waals surface area contributed by atoms with Crippen LogP contribution in [0.1, 0.15) is 30.7 Å². The maximum Gasteiger partial charge on any atom is 0.0708 e. The van der Waals surface area contributed by atoms with Gasteiger partial charge in [0.25, 0.3) is 0 Å². The van der Waals surface area contributed by atoms with Gasteiger partial charge >= 0.3 is 0 Å². The molecule has 0 unspecified atom stereocenters. The van der Waals surface area contributed by atoms with Crippen LogP contribution in [0.15, 0.2) is 92.3 Å². The molecule has 122 valence electrons. The van der Waals surface area contributed by atoms with Gasteiger partial charge in [-0.15, -0.1) is 0 Å². The SMILES string of the molecule is C=CC(=C)/C=C(\C=C/C(=C)/C=C\C)c1cc(/C=C\C)c(C=C)cn1. The predicted molar refractivity (Wildman–Crippen MR) is 109 cm³/mol. The lowest BCUT2D eigenvalue weighted by Crippen LogP contribution is -1.92. The molecular formula is C23H25N. The summed E-state index contributed by atoms with van der Waals surface area (Å²) < 4.78 is 0. The molecule has 1 aromatic rings. The molecular weight excluding hydrogens is 290 g/mol. The molecule has 0 aliphatic rings. The van der Waals surface area contributed by atoms with Gasteiger partial charge in [0.1, 0.15) is 0 Å². The third-order valence-corrected chi connectivity index (χ3v) is 3.29. The van der Waals surface area contributed by atoms with E-state index in [1.165, 1.54) is 0 Å². The molecule has 0 bridgehead atoms. The fourth-order valence-electron chi connectivity index (χ4n) is 2.07. The molecule has 0 aliphatic heterocycles. The number of hydrogen-bond acceptors (Lipinski definition) is 1. The van der Waals surface area contributed by atoms with Gasteiger partial charge in [-0.05, 0) is 48.3 Å². The van der Waals surface area contributed by atoms with Crippen LogP contribution in [0.5, 0.6) is 0 Å². The van der Waals surface area contributed by atoms with Crippen molar-refractivity contribution in [3.8, 4) is 0 Å². The second kappa shape index (κ2) is 9.96. The van der Waals surface area contributed by atoms with Crippen LogP contribution in [0.4, 0.5) is 0 Å². The minimum Gasteiger partial charge on any atom is -0.256 e. The second-order valence-electron chi connectivity index (χ2n) is 5.19. The van der Waals surface area contributed by atoms with E-state index in [-0.39, 0.29) is 0 Å². The largest absolute Gasteiger partial charge is 0.256 e. The number of allylic oxidation sites excluding steroid dienone is 10. The maximum absolute atomic E-state index is 4.56. The molecule has 0 atom stereocenters. The lowest BCUT2D eigenvalue weighted by atomic mass is 10.0. The molecule has 0 saturated heterocycles. The Labute approximate surface area is 146 Å². The molecule has 0 aliphatic carbocycles. The molecule has 0 aromatic carbocycles. The van der Waals surface area contributed by atoms with Crippen molar-refractivity contribution in [1.29, 1.82) is 0 Å². The van der Waals surface area contributed by atoms with Gasteiger partial charge in [0.15, 0.2) is 0 Å². The first-order chi connectivity index (χ1) is 11.5. The van der Waals surface area contributed by atoms with E-state index in [1.54, 1.807) is 6.08 Å². The zero-order chi connectivity index (χ0) is 17.9. The fourth-order valence-corrected chi connectivity index (χ4v) is 2.07. The van der Waals surface area contributed by atoms with Crippen LogP contribution in [-0.4, -0.2) is 4.98 Å². The molecule has 0 spiro atoms. The summed E-state index contributed by atoms with van der Waals surface area (Å²) in [5.74, 6) is 0. The normalized spacial score (nSPS) is 12.2. The van der Waals surface area contributed by atoms with Gasteiger partial charge in [0.2, 0.25) is 0 Å². The van der Waals surface area contributed by atoms with Gasteiger partial charge in [0, 0.05) is 11.8 Å². The number of hydrogen-bond donors (Lipinski definition) is 0. The Hall–Kier alpha value is -2.93. The summed E-state index contributed by atoms with van der Waals surface area (Å²) in [6.07, 6.45) is 19.2. The average molecular weight is 315 g/mol. The molecule has 1 heterocycles. The van der Waals surface area contributed by atoms with Gasteiger partial charge in [-0.25, -0.2) is 0 Å². The summed E-state index contributed by atoms with van der Waals surface area (Å²) in [7, 11) is 0. The van der Waals surface area contributed by atoms with Crippen LogP contribution in [0.3, 0.4) is 0 Å². The van der Waals surface area contributed by atoms with E-state index in [0.29, 0.717) is 0 Å². The number of aromatic nitrogens is 1. The van der Waals surface area contributed by atoms with Crippen LogP contribution in [0, 0.1) is 0 Å². The standard InChI is InChI=1S/C23H25N/c1-7-11-19(6)13-14-22(15-18(5)9-3)23-16-21(12-8-2)20(10-4)17-24-23/h7-17H,3-6H2,1-2H3/b11-7-,12-8-,14-13-,22-15+. The van der Waals surface area contributed by atoms with Crippen molar-refractivity contribution in [3.63, 3.8) is 0 Å². The Kier molecular flexibility index (Phi) is 7.93. The lowest BCUT2D eigenvalue weighted by molar-refractivity contribution is 1.26. The summed E-state index contributed by atoms with van der Waals surface area (Å²) in [4.78, 5) is 4.56. The van der Waals surface area contributed by atoms with E-state index < -0.39 is 0 Å². The van der Waals surface area contributed by atoms with Crippen molar-refractivity contribution < 1.29 is 0 Å². The maximum atomic E-state index is 4.56. The summed E-state index contributed by atoms with van der Waals surface area (Å²) in [5, 5.41) is 0. The van der Waals surface area contributed by atoms with Crippen molar-refractivity contribution >= 4 is 17.7 Å². The van der Waals surface area contributed by atoms with E-state index in [0.717, 1.165) is 33.5 Å². The van der Waals surface area contributed by atoms with Crippen molar-refractivity contribution in [2.75, 3.05) is 0 Å². The molecule has 1 heteroatoms. The third kappa shape index (κ3) is 5.69. The summed E-state index contributed by atoms with van der Waals surface area (Å²) in [6.45, 7) is 19.5. The highest BCUT2D eigenvalue weighted by Gasteiger charge is 2.04. The third-order valence-electron chi connectivity index (χ3n) is 3.29. The van der Waals surface area contributed by atoms with Gasteiger partial charge in [-0.1, -0.05) is 74.9 Å². The van der Waals surface area contributed by atoms with E-state index in [9.17, 15) is 0 Å². The zero-order valence-corrected chi connectivity index (χ0v) is 14.6. The first kappa shape index (κ1) is 19.1. The Bertz CT molecular complexity index is 752. The molecule has 1 nitrogen and oxygen atoms in total. The van der Waals surface area contributed by atoms with E-state index >= 15 is 0 Å². The molecule has 0 amide bonds. The summed E-state index contributed by atoms with van der Waals surface area (Å²) in [6, 6.07) is 2.04. The Morgan fingerprint density at radius 1 is 0.958 bits per heavy atom. The quantitative estimate of drug-likeness (QED) is 0.494. The predicted octanol–water partition coefficient (Wildman–Crippen LogP) is 6.57. The molecule has 1 rings (SSSR count). The highest BCUT2D eigenvalue weighted by Crippen LogP contribution is 2.21. The van der Waals surface area contributed by atoms with Crippen LogP contribution in [0.2, 0.25) is 0 Å². The van der Waals surface area contributed by atoms with Crippen LogP contribution < -0.4 is 0 Å². The van der Waals surface area contributed by atoms with E-state index in [2.05, 4.69) is 31.3 Å². The first-order valence-electron chi connectivity index (χ1n) is 7.84. The van der Waals surface area contributed by atoms with Gasteiger partial charge in [0.05, 0.1) is 5.69 Å². The van der Waals surface area contributed by atoms with Crippen molar-refractivity contribution in [3.05, 3.63) is 109 Å². The van der Waals surface area contributed by atoms with Crippen LogP contribution in [-0.2, 0) is 0 Å². The lowest BCUT2D eigenvalue weighted by Gasteiger charge is -2.07. The summed E-state index contributed by atoms with van der Waals surface area (Å²) in [5.41, 5.74) is 5.64. The van der Waals surface area contributed by atoms with Crippen LogP contribution >= 0.6 is 0 Å². The molecule has 1 aromatic heterocycles. The van der Waals surface area contributed by atoms with Gasteiger partial charge in [-0.2, -0.15) is 0 Å². The number of rotatable bonds is 8. The van der Waals surface area contributed by atoms with Crippen molar-refractivity contribution in [1.82, 2.24) is 4.98 Å². The minimum atomic E-state index is 0.827. The fraction of sp³-hybridized carbons (Fsp3) is 0.0870. The minimum absolute atomic E-state index is 0.827. The van der Waals surface area contributed by atoms with Gasteiger partial charge < -0.3 is 0 Å². The van der Waals surface area contributed by atoms with Crippen LogP contribution in [0.25, 0.3) is 17.7 Å². The molecule has 0 radical (unpaired) electrons. The Morgan fingerprint density at radius 3 is 2.29 bits per heavy atom. The summed E-state index contributed by atoms with van der Waals surface area (Å²) >= 11 is 0. The second-order valence-corrected chi connectivity index (χ2v) is 5.19. The van der Waals surface area contributed by atoms with Gasteiger partial charge in [-0.3, -0.25) is 4.98 Å². The highest BCUT2D eigenvalue weighted by molar-refractivity contribution is 5.77. The smallest absolute Gasteiger partial charge is 0.0708 e. The van der Waals surface area contributed by atoms with E-state index in [1.807, 2.05) is 74.7 Å². The Morgan fingerprint density at radius 2 is 1.71 bits per heavy atom. The topological polar surface area (TPSA) is 12.9 Å². The first-order valence-corrected chi connectivity index (χ1v) is 7.84. The zero-order valence-electron chi connectivity index (χ0n) is 14.6. The molecule has 0 N–H and O–H groups in total. The molecule has 24 heavy (non-hydrogen) atoms. The molecule has 0 saturated carbocycles. The van der Waals surface area contributed by atoms with Crippen molar-refractivity contribution in [2.45, 2.75) is 13.8 Å². The number of pyridine rings is 1.